The van der Waals surface area contributed by atoms with Crippen LogP contribution in [0.4, 0.5) is 20.3 Å². The number of nitrogens with one attached hydrogen (secondary N) is 1. The van der Waals surface area contributed by atoms with Crippen LogP contribution in [0.3, 0.4) is 0 Å². The molecule has 1 fully saturated rings. The van der Waals surface area contributed by atoms with Crippen molar-refractivity contribution in [1.29, 1.82) is 0 Å². The van der Waals surface area contributed by atoms with Gasteiger partial charge in [0.15, 0.2) is 0 Å². The molecule has 1 aliphatic heterocycles. The second-order valence-electron chi connectivity index (χ2n) is 7.39. The fraction of sp³-hybridized carbons (Fsp3) is 0.261. The van der Waals surface area contributed by atoms with Crippen LogP contribution in [0.15, 0.2) is 54.9 Å². The van der Waals surface area contributed by atoms with Crippen LogP contribution in [0.5, 0.6) is 5.75 Å². The summed E-state index contributed by atoms with van der Waals surface area (Å²) in [4.78, 5) is 23.4. The lowest BCUT2D eigenvalue weighted by Gasteiger charge is -2.33. The van der Waals surface area contributed by atoms with E-state index in [1.165, 1.54) is 6.33 Å². The monoisotopic (exact) mass is 424 g/mol. The van der Waals surface area contributed by atoms with Crippen molar-refractivity contribution in [2.24, 2.45) is 5.92 Å². The minimum atomic E-state index is -0.664. The number of methoxy groups -OCH3 is 1. The van der Waals surface area contributed by atoms with Gasteiger partial charge in [-0.25, -0.2) is 18.7 Å². The number of hydrogen-bond donors (Lipinski definition) is 1. The molecule has 0 bridgehead atoms. The smallest absolute Gasteiger partial charge is 0.229 e. The standard InChI is InChI=1S/C23H22F2N4O2/c1-31-18-7-4-15(5-8-18)20-12-22(27-14-26-20)29-10-2-3-16(13-29)23(30)28-21-11-17(24)6-9-19(21)25/h4-9,11-12,14,16H,2-3,10,13H2,1H3,(H,28,30). The van der Waals surface area contributed by atoms with Gasteiger partial charge in [0.25, 0.3) is 0 Å². The van der Waals surface area contributed by atoms with Gasteiger partial charge in [-0.15, -0.1) is 0 Å². The Kier molecular flexibility index (Phi) is 6.06. The zero-order chi connectivity index (χ0) is 21.8. The third-order valence-corrected chi connectivity index (χ3v) is 5.34. The largest absolute Gasteiger partial charge is 0.497 e. The molecular weight excluding hydrogens is 402 g/mol. The van der Waals surface area contributed by atoms with E-state index in [0.717, 1.165) is 54.0 Å². The fourth-order valence-electron chi connectivity index (χ4n) is 3.67. The Hall–Kier alpha value is -3.55. The Labute approximate surface area is 178 Å². The SMILES string of the molecule is COc1ccc(-c2cc(N3CCCC(C(=O)Nc4cc(F)ccc4F)C3)ncn2)cc1. The summed E-state index contributed by atoms with van der Waals surface area (Å²) in [5, 5.41) is 2.52. The van der Waals surface area contributed by atoms with Crippen molar-refractivity contribution in [1.82, 2.24) is 9.97 Å². The first-order valence-corrected chi connectivity index (χ1v) is 10.0. The highest BCUT2D eigenvalue weighted by Crippen LogP contribution is 2.27. The third kappa shape index (κ3) is 4.79. The van der Waals surface area contributed by atoms with E-state index in [2.05, 4.69) is 15.3 Å². The summed E-state index contributed by atoms with van der Waals surface area (Å²) in [5.41, 5.74) is 1.55. The lowest BCUT2D eigenvalue weighted by molar-refractivity contribution is -0.120. The first-order valence-electron chi connectivity index (χ1n) is 10.0. The number of piperidine rings is 1. The summed E-state index contributed by atoms with van der Waals surface area (Å²) in [6.07, 6.45) is 2.95. The predicted octanol–water partition coefficient (Wildman–Crippen LogP) is 4.29. The highest BCUT2D eigenvalue weighted by Gasteiger charge is 2.27. The second-order valence-corrected chi connectivity index (χ2v) is 7.39. The molecule has 2 aromatic carbocycles. The molecule has 3 aromatic rings. The van der Waals surface area contributed by atoms with E-state index in [0.29, 0.717) is 13.0 Å². The van der Waals surface area contributed by atoms with Crippen LogP contribution in [0.2, 0.25) is 0 Å². The maximum absolute atomic E-state index is 13.9. The first-order chi connectivity index (χ1) is 15.0. The zero-order valence-corrected chi connectivity index (χ0v) is 17.0. The molecule has 4 rings (SSSR count). The van der Waals surface area contributed by atoms with Crippen molar-refractivity contribution >= 4 is 17.4 Å². The van der Waals surface area contributed by atoms with Crippen LogP contribution >= 0.6 is 0 Å². The van der Waals surface area contributed by atoms with E-state index < -0.39 is 11.6 Å². The molecule has 1 saturated heterocycles. The Morgan fingerprint density at radius 3 is 2.71 bits per heavy atom. The lowest BCUT2D eigenvalue weighted by atomic mass is 9.97. The zero-order valence-electron chi connectivity index (χ0n) is 17.0. The molecule has 1 aliphatic rings. The van der Waals surface area contributed by atoms with Crippen LogP contribution in [-0.4, -0.2) is 36.1 Å². The van der Waals surface area contributed by atoms with Crippen molar-refractivity contribution in [2.45, 2.75) is 12.8 Å². The number of carbonyl (C=O) groups is 1. The minimum Gasteiger partial charge on any atom is -0.497 e. The molecule has 2 heterocycles. The van der Waals surface area contributed by atoms with Gasteiger partial charge in [0.2, 0.25) is 5.91 Å². The molecular formula is C23H22F2N4O2. The van der Waals surface area contributed by atoms with Gasteiger partial charge in [-0.2, -0.15) is 0 Å². The quantitative estimate of drug-likeness (QED) is 0.662. The Bertz CT molecular complexity index is 1080. The van der Waals surface area contributed by atoms with Gasteiger partial charge in [-0.1, -0.05) is 0 Å². The number of ether oxygens (including phenoxy) is 1. The normalized spacial score (nSPS) is 16.1. The van der Waals surface area contributed by atoms with Gasteiger partial charge in [-0.3, -0.25) is 4.79 Å². The van der Waals surface area contributed by atoms with E-state index in [-0.39, 0.29) is 17.5 Å². The molecule has 0 aliphatic carbocycles. The van der Waals surface area contributed by atoms with E-state index in [4.69, 9.17) is 4.74 Å². The minimum absolute atomic E-state index is 0.147. The molecule has 8 heteroatoms. The summed E-state index contributed by atoms with van der Waals surface area (Å²) in [7, 11) is 1.61. The molecule has 0 saturated carbocycles. The average molecular weight is 424 g/mol. The number of benzene rings is 2. The molecule has 1 unspecified atom stereocenters. The van der Waals surface area contributed by atoms with Crippen LogP contribution < -0.4 is 15.0 Å². The highest BCUT2D eigenvalue weighted by molar-refractivity contribution is 5.93. The average Bonchev–Trinajstić information content (AvgIpc) is 2.81. The molecule has 160 valence electrons. The van der Waals surface area contributed by atoms with E-state index in [9.17, 15) is 13.6 Å². The van der Waals surface area contributed by atoms with Gasteiger partial charge >= 0.3 is 0 Å². The van der Waals surface area contributed by atoms with Crippen molar-refractivity contribution < 1.29 is 18.3 Å². The first kappa shape index (κ1) is 20.7. The Morgan fingerprint density at radius 2 is 1.94 bits per heavy atom. The van der Waals surface area contributed by atoms with E-state index >= 15 is 0 Å². The number of nitrogens with zero attached hydrogens (tertiary/aromatic N) is 3. The van der Waals surface area contributed by atoms with Gasteiger partial charge in [0, 0.05) is 30.8 Å². The molecule has 6 nitrogen and oxygen atoms in total. The molecule has 0 radical (unpaired) electrons. The molecule has 1 aromatic heterocycles. The number of rotatable bonds is 5. The Morgan fingerprint density at radius 1 is 1.13 bits per heavy atom. The van der Waals surface area contributed by atoms with Crippen molar-refractivity contribution in [3.63, 3.8) is 0 Å². The van der Waals surface area contributed by atoms with Crippen LogP contribution in [-0.2, 0) is 4.79 Å². The fourth-order valence-corrected chi connectivity index (χ4v) is 3.67. The molecule has 31 heavy (non-hydrogen) atoms. The highest BCUT2D eigenvalue weighted by atomic mass is 19.1. The number of carbonyl (C=O) groups excluding carboxylic acids is 1. The maximum Gasteiger partial charge on any atom is 0.229 e. The molecule has 0 spiro atoms. The predicted molar refractivity (Wildman–Crippen MR) is 114 cm³/mol. The topological polar surface area (TPSA) is 67.3 Å². The van der Waals surface area contributed by atoms with Gasteiger partial charge < -0.3 is 15.0 Å². The van der Waals surface area contributed by atoms with Gasteiger partial charge in [-0.05, 0) is 49.2 Å². The van der Waals surface area contributed by atoms with Gasteiger partial charge in [0.05, 0.1) is 24.4 Å². The third-order valence-electron chi connectivity index (χ3n) is 5.34. The summed E-state index contributed by atoms with van der Waals surface area (Å²) in [6.45, 7) is 1.18. The maximum atomic E-state index is 13.9. The van der Waals surface area contributed by atoms with Crippen LogP contribution in [0, 0.1) is 17.6 Å². The number of halogens is 2. The molecule has 1 atom stereocenters. The Balaban J connectivity index is 1.48. The summed E-state index contributed by atoms with van der Waals surface area (Å²) >= 11 is 0. The van der Waals surface area contributed by atoms with Crippen LogP contribution in [0.1, 0.15) is 12.8 Å². The number of hydrogen-bond acceptors (Lipinski definition) is 5. The van der Waals surface area contributed by atoms with E-state index in [1.807, 2.05) is 35.2 Å². The second kappa shape index (κ2) is 9.07. The molecule has 1 N–H and O–H groups in total. The summed E-state index contributed by atoms with van der Waals surface area (Å²) in [5.74, 6) is -0.487. The number of aromatic nitrogens is 2. The lowest BCUT2D eigenvalue weighted by Crippen LogP contribution is -2.41. The van der Waals surface area contributed by atoms with Crippen molar-refractivity contribution in [3.05, 3.63) is 66.5 Å². The summed E-state index contributed by atoms with van der Waals surface area (Å²) < 4.78 is 32.5. The number of amides is 1. The van der Waals surface area contributed by atoms with E-state index in [1.54, 1.807) is 7.11 Å². The van der Waals surface area contributed by atoms with Crippen molar-refractivity contribution in [2.75, 3.05) is 30.4 Å². The summed E-state index contributed by atoms with van der Waals surface area (Å²) in [6, 6.07) is 12.5. The van der Waals surface area contributed by atoms with Crippen LogP contribution in [0.25, 0.3) is 11.3 Å². The van der Waals surface area contributed by atoms with Gasteiger partial charge in [0.1, 0.15) is 29.5 Å². The number of anilines is 2. The van der Waals surface area contributed by atoms with Crippen molar-refractivity contribution in [3.8, 4) is 17.0 Å². The molecule has 1 amide bonds.